The fourth-order valence-electron chi connectivity index (χ4n) is 2.73. The topological polar surface area (TPSA) is 97.4 Å². The molecule has 1 saturated heterocycles. The fourth-order valence-corrected chi connectivity index (χ4v) is 4.66. The van der Waals surface area contributed by atoms with Gasteiger partial charge in [0.2, 0.25) is 0 Å². The third kappa shape index (κ3) is 4.44. The van der Waals surface area contributed by atoms with Gasteiger partial charge >= 0.3 is 0 Å². The van der Waals surface area contributed by atoms with Crippen LogP contribution in [0.1, 0.15) is 16.9 Å². The maximum atomic E-state index is 12.4. The number of carbonyl (C=O) groups excluding carboxylic acids is 1. The number of hydrogen-bond donors (Lipinski definition) is 2. The van der Waals surface area contributed by atoms with Gasteiger partial charge in [-0.3, -0.25) is 9.78 Å². The van der Waals surface area contributed by atoms with E-state index in [9.17, 15) is 13.2 Å². The molecule has 0 spiro atoms. The van der Waals surface area contributed by atoms with Crippen molar-refractivity contribution in [2.75, 3.05) is 29.2 Å². The molecule has 0 radical (unpaired) electrons. The van der Waals surface area contributed by atoms with Crippen LogP contribution in [0, 0.1) is 0 Å². The Morgan fingerprint density at radius 1 is 1.27 bits per heavy atom. The average Bonchev–Trinajstić information content (AvgIpc) is 2.94. The van der Waals surface area contributed by atoms with E-state index < -0.39 is 15.7 Å². The SMILES string of the molecule is COc1ccc(NC(=O)c2cc(NC3CCS(=O)(=O)C3)ccn2)cc1Cl. The second-order valence-electron chi connectivity index (χ2n) is 5.98. The van der Waals surface area contributed by atoms with Crippen molar-refractivity contribution in [1.29, 1.82) is 0 Å². The molecule has 1 aliphatic heterocycles. The standard InChI is InChI=1S/C17H18ClN3O4S/c1-25-16-3-2-11(8-14(16)18)21-17(22)15-9-12(4-6-19-15)20-13-5-7-26(23,24)10-13/h2-4,6,8-9,13H,5,7,10H2,1H3,(H,19,20)(H,21,22). The van der Waals surface area contributed by atoms with E-state index in [1.807, 2.05) is 0 Å². The summed E-state index contributed by atoms with van der Waals surface area (Å²) in [5.74, 6) is 0.400. The third-order valence-corrected chi connectivity index (χ3v) is 6.07. The highest BCUT2D eigenvalue weighted by Gasteiger charge is 2.27. The number of hydrogen-bond acceptors (Lipinski definition) is 6. The van der Waals surface area contributed by atoms with Gasteiger partial charge < -0.3 is 15.4 Å². The Bertz CT molecular complexity index is 933. The van der Waals surface area contributed by atoms with Gasteiger partial charge in [-0.1, -0.05) is 11.6 Å². The first-order chi connectivity index (χ1) is 12.4. The molecular weight excluding hydrogens is 378 g/mol. The molecule has 1 amide bonds. The molecule has 0 bridgehead atoms. The molecule has 1 aromatic heterocycles. The van der Waals surface area contributed by atoms with Gasteiger partial charge in [-0.25, -0.2) is 8.42 Å². The minimum absolute atomic E-state index is 0.0984. The highest BCUT2D eigenvalue weighted by molar-refractivity contribution is 7.91. The van der Waals surface area contributed by atoms with Crippen LogP contribution in [0.2, 0.25) is 5.02 Å². The molecule has 0 aliphatic carbocycles. The lowest BCUT2D eigenvalue weighted by molar-refractivity contribution is 0.102. The Hall–Kier alpha value is -2.32. The number of aromatic nitrogens is 1. The summed E-state index contributed by atoms with van der Waals surface area (Å²) in [5.41, 5.74) is 1.38. The summed E-state index contributed by atoms with van der Waals surface area (Å²) in [6.07, 6.45) is 2.05. The van der Waals surface area contributed by atoms with Crippen molar-refractivity contribution >= 4 is 38.7 Å². The smallest absolute Gasteiger partial charge is 0.274 e. The highest BCUT2D eigenvalue weighted by atomic mass is 35.5. The van der Waals surface area contributed by atoms with Gasteiger partial charge in [-0.2, -0.15) is 0 Å². The zero-order chi connectivity index (χ0) is 18.7. The molecule has 0 saturated carbocycles. The van der Waals surface area contributed by atoms with Crippen molar-refractivity contribution in [3.8, 4) is 5.75 Å². The first-order valence-electron chi connectivity index (χ1n) is 7.94. The van der Waals surface area contributed by atoms with Gasteiger partial charge in [0.05, 0.1) is 23.6 Å². The van der Waals surface area contributed by atoms with Crippen LogP contribution in [0.4, 0.5) is 11.4 Å². The number of ether oxygens (including phenoxy) is 1. The van der Waals surface area contributed by atoms with Crippen LogP contribution in [0.25, 0.3) is 0 Å². The second-order valence-corrected chi connectivity index (χ2v) is 8.61. The third-order valence-electron chi connectivity index (χ3n) is 4.01. The van der Waals surface area contributed by atoms with Crippen molar-refractivity contribution in [3.05, 3.63) is 47.2 Å². The molecule has 2 heterocycles. The summed E-state index contributed by atoms with van der Waals surface area (Å²) in [7, 11) is -1.46. The molecule has 1 atom stereocenters. The molecule has 3 rings (SSSR count). The Morgan fingerprint density at radius 3 is 2.73 bits per heavy atom. The number of sulfone groups is 1. The van der Waals surface area contributed by atoms with Gasteiger partial charge in [0.25, 0.3) is 5.91 Å². The normalized spacial score (nSPS) is 18.3. The summed E-state index contributed by atoms with van der Waals surface area (Å²) < 4.78 is 28.2. The largest absolute Gasteiger partial charge is 0.495 e. The number of nitrogens with zero attached hydrogens (tertiary/aromatic N) is 1. The quantitative estimate of drug-likeness (QED) is 0.807. The van der Waals surface area contributed by atoms with Gasteiger partial charge in [-0.15, -0.1) is 0 Å². The van der Waals surface area contributed by atoms with Crippen LogP contribution in [0.3, 0.4) is 0 Å². The van der Waals surface area contributed by atoms with E-state index in [1.165, 1.54) is 13.3 Å². The van der Waals surface area contributed by atoms with Crippen LogP contribution in [0.15, 0.2) is 36.5 Å². The van der Waals surface area contributed by atoms with Gasteiger partial charge in [-0.05, 0) is 36.8 Å². The Morgan fingerprint density at radius 2 is 2.08 bits per heavy atom. The van der Waals surface area contributed by atoms with E-state index in [-0.39, 0.29) is 23.2 Å². The Kier molecular flexibility index (Phi) is 5.33. The summed E-state index contributed by atoms with van der Waals surface area (Å²) in [6, 6.07) is 8.05. The Labute approximate surface area is 156 Å². The zero-order valence-corrected chi connectivity index (χ0v) is 15.6. The van der Waals surface area contributed by atoms with Crippen molar-refractivity contribution in [1.82, 2.24) is 4.98 Å². The lowest BCUT2D eigenvalue weighted by Gasteiger charge is -2.13. The van der Waals surface area contributed by atoms with E-state index in [1.54, 1.807) is 30.3 Å². The van der Waals surface area contributed by atoms with Gasteiger partial charge in [0.1, 0.15) is 11.4 Å². The predicted molar refractivity (Wildman–Crippen MR) is 101 cm³/mol. The fraction of sp³-hybridized carbons (Fsp3) is 0.294. The molecule has 1 aromatic carbocycles. The Balaban J connectivity index is 1.69. The zero-order valence-electron chi connectivity index (χ0n) is 14.0. The average molecular weight is 396 g/mol. The number of halogens is 1. The monoisotopic (exact) mass is 395 g/mol. The molecule has 9 heteroatoms. The molecule has 2 aromatic rings. The lowest BCUT2D eigenvalue weighted by Crippen LogP contribution is -2.21. The molecule has 1 unspecified atom stereocenters. The van der Waals surface area contributed by atoms with Crippen LogP contribution in [-0.4, -0.2) is 44.0 Å². The number of nitrogens with one attached hydrogen (secondary N) is 2. The molecule has 7 nitrogen and oxygen atoms in total. The first kappa shape index (κ1) is 18.5. The van der Waals surface area contributed by atoms with Crippen LogP contribution in [-0.2, 0) is 9.84 Å². The molecule has 1 fully saturated rings. The summed E-state index contributed by atoms with van der Waals surface area (Å²) in [6.45, 7) is 0. The number of rotatable bonds is 5. The lowest BCUT2D eigenvalue weighted by atomic mass is 10.2. The van der Waals surface area contributed by atoms with Gasteiger partial charge in [0, 0.05) is 23.6 Å². The van der Waals surface area contributed by atoms with Crippen molar-refractivity contribution < 1.29 is 17.9 Å². The number of anilines is 2. The minimum atomic E-state index is -2.97. The first-order valence-corrected chi connectivity index (χ1v) is 10.1. The maximum Gasteiger partial charge on any atom is 0.274 e. The van der Waals surface area contributed by atoms with Crippen molar-refractivity contribution in [2.24, 2.45) is 0 Å². The molecule has 26 heavy (non-hydrogen) atoms. The van der Waals surface area contributed by atoms with Crippen LogP contribution < -0.4 is 15.4 Å². The van der Waals surface area contributed by atoms with E-state index in [0.717, 1.165) is 0 Å². The maximum absolute atomic E-state index is 12.4. The van der Waals surface area contributed by atoms with Crippen molar-refractivity contribution in [3.63, 3.8) is 0 Å². The molecular formula is C17H18ClN3O4S. The number of benzene rings is 1. The van der Waals surface area contributed by atoms with E-state index in [0.29, 0.717) is 28.6 Å². The second kappa shape index (κ2) is 7.51. The van der Waals surface area contributed by atoms with Crippen LogP contribution in [0.5, 0.6) is 5.75 Å². The number of pyridine rings is 1. The van der Waals surface area contributed by atoms with Crippen molar-refractivity contribution in [2.45, 2.75) is 12.5 Å². The summed E-state index contributed by atoms with van der Waals surface area (Å²) in [5, 5.41) is 6.25. The molecule has 2 N–H and O–H groups in total. The number of amides is 1. The van der Waals surface area contributed by atoms with E-state index in [2.05, 4.69) is 15.6 Å². The summed E-state index contributed by atoms with van der Waals surface area (Å²) >= 11 is 6.05. The van der Waals surface area contributed by atoms with E-state index in [4.69, 9.17) is 16.3 Å². The molecule has 138 valence electrons. The summed E-state index contributed by atoms with van der Waals surface area (Å²) in [4.78, 5) is 16.5. The van der Waals surface area contributed by atoms with Gasteiger partial charge in [0.15, 0.2) is 9.84 Å². The molecule has 1 aliphatic rings. The van der Waals surface area contributed by atoms with E-state index >= 15 is 0 Å². The number of carbonyl (C=O) groups is 1. The predicted octanol–water partition coefficient (Wildman–Crippen LogP) is 2.59. The van der Waals surface area contributed by atoms with Crippen LogP contribution >= 0.6 is 11.6 Å². The highest BCUT2D eigenvalue weighted by Crippen LogP contribution is 2.27. The number of methoxy groups -OCH3 is 1. The minimum Gasteiger partial charge on any atom is -0.495 e.